The number of ether oxygens (including phenoxy) is 2. The number of piperidine rings is 1. The summed E-state index contributed by atoms with van der Waals surface area (Å²) < 4.78 is 10.6. The lowest BCUT2D eigenvalue weighted by Crippen LogP contribution is -2.62. The Kier molecular flexibility index (Phi) is 3.62. The van der Waals surface area contributed by atoms with E-state index in [9.17, 15) is 5.11 Å². The van der Waals surface area contributed by atoms with E-state index in [2.05, 4.69) is 14.9 Å². The number of nitrogens with zero attached hydrogens (tertiary/aromatic N) is 3. The average molecular weight is 294 g/mol. The number of aromatic nitrogens is 2. The Morgan fingerprint density at radius 1 is 1.33 bits per heavy atom. The number of methoxy groups -OCH3 is 2. The topological polar surface area (TPSA) is 93.7 Å². The van der Waals surface area contributed by atoms with Crippen LogP contribution >= 0.6 is 0 Å². The molecule has 2 heterocycles. The molecule has 21 heavy (non-hydrogen) atoms. The summed E-state index contributed by atoms with van der Waals surface area (Å²) in [5.74, 6) is 1.45. The van der Waals surface area contributed by atoms with Crippen molar-refractivity contribution in [2.75, 3.05) is 37.9 Å². The summed E-state index contributed by atoms with van der Waals surface area (Å²) >= 11 is 0. The molecule has 3 N–H and O–H groups in total. The molecule has 1 saturated carbocycles. The van der Waals surface area contributed by atoms with Gasteiger partial charge in [0.15, 0.2) is 0 Å². The second-order valence-corrected chi connectivity index (χ2v) is 5.82. The molecule has 0 radical (unpaired) electrons. The van der Waals surface area contributed by atoms with Gasteiger partial charge in [-0.1, -0.05) is 0 Å². The third kappa shape index (κ3) is 2.30. The summed E-state index contributed by atoms with van der Waals surface area (Å²) in [5, 5.41) is 10.1. The molecule has 7 heteroatoms. The zero-order valence-electron chi connectivity index (χ0n) is 12.5. The van der Waals surface area contributed by atoms with Gasteiger partial charge in [0, 0.05) is 38.1 Å². The molecule has 1 aliphatic heterocycles. The van der Waals surface area contributed by atoms with E-state index in [1.165, 1.54) is 0 Å². The number of rotatable bonds is 3. The zero-order valence-corrected chi connectivity index (χ0v) is 12.5. The van der Waals surface area contributed by atoms with Crippen molar-refractivity contribution >= 4 is 11.8 Å². The molecule has 1 spiro atoms. The second-order valence-electron chi connectivity index (χ2n) is 5.82. The van der Waals surface area contributed by atoms with Gasteiger partial charge in [-0.15, -0.1) is 0 Å². The molecule has 0 amide bonds. The van der Waals surface area contributed by atoms with E-state index >= 15 is 0 Å². The maximum Gasteiger partial charge on any atom is 0.225 e. The highest BCUT2D eigenvalue weighted by atomic mass is 16.5. The number of hydrogen-bond donors (Lipinski definition) is 2. The van der Waals surface area contributed by atoms with Crippen molar-refractivity contribution in [2.45, 2.75) is 31.5 Å². The third-order valence-electron chi connectivity index (χ3n) is 4.96. The van der Waals surface area contributed by atoms with Crippen LogP contribution in [-0.2, 0) is 4.74 Å². The fraction of sp³-hybridized carbons (Fsp3) is 0.714. The molecule has 2 fully saturated rings. The predicted octanol–water partition coefficient (Wildman–Crippen LogP) is 0.434. The summed E-state index contributed by atoms with van der Waals surface area (Å²) in [5.41, 5.74) is 5.62. The van der Waals surface area contributed by atoms with Gasteiger partial charge < -0.3 is 25.2 Å². The van der Waals surface area contributed by atoms with Crippen molar-refractivity contribution < 1.29 is 14.6 Å². The summed E-state index contributed by atoms with van der Waals surface area (Å²) in [7, 11) is 3.28. The minimum atomic E-state index is -0.255. The summed E-state index contributed by atoms with van der Waals surface area (Å²) in [6.45, 7) is 1.63. The molecule has 7 nitrogen and oxygen atoms in total. The van der Waals surface area contributed by atoms with Crippen LogP contribution in [0.3, 0.4) is 0 Å². The first-order valence-corrected chi connectivity index (χ1v) is 7.23. The number of nitrogen functional groups attached to an aromatic ring is 1. The summed E-state index contributed by atoms with van der Waals surface area (Å²) in [6.07, 6.45) is 2.43. The minimum absolute atomic E-state index is 0.0894. The van der Waals surface area contributed by atoms with Gasteiger partial charge in [0.1, 0.15) is 5.82 Å². The number of nitrogens with two attached hydrogens (primary N) is 1. The van der Waals surface area contributed by atoms with E-state index in [-0.39, 0.29) is 23.6 Å². The van der Waals surface area contributed by atoms with Crippen molar-refractivity contribution in [3.63, 3.8) is 0 Å². The van der Waals surface area contributed by atoms with E-state index < -0.39 is 0 Å². The van der Waals surface area contributed by atoms with Crippen molar-refractivity contribution in [3.05, 3.63) is 6.07 Å². The van der Waals surface area contributed by atoms with Crippen molar-refractivity contribution in [2.24, 2.45) is 5.41 Å². The molecule has 2 atom stereocenters. The van der Waals surface area contributed by atoms with E-state index in [0.717, 1.165) is 38.2 Å². The first-order chi connectivity index (χ1) is 10.1. The fourth-order valence-electron chi connectivity index (χ4n) is 3.56. The Bertz CT molecular complexity index is 517. The van der Waals surface area contributed by atoms with Crippen molar-refractivity contribution in [1.82, 2.24) is 9.97 Å². The molecular formula is C14H22N4O3. The van der Waals surface area contributed by atoms with Gasteiger partial charge in [-0.2, -0.15) is 9.97 Å². The molecule has 1 saturated heterocycles. The molecule has 2 aliphatic rings. The standard InChI is InChI=1S/C14H22N4O3/c1-20-10-7-9(19)14(10)3-5-18(6-4-14)11-8-12(21-2)17-13(15)16-11/h8-10,19H,3-7H2,1-2H3,(H2,15,16,17)/t9-,10+/m0/s1. The Hall–Kier alpha value is -1.60. The van der Waals surface area contributed by atoms with Gasteiger partial charge in [0.05, 0.1) is 19.3 Å². The van der Waals surface area contributed by atoms with E-state index in [1.54, 1.807) is 20.3 Å². The van der Waals surface area contributed by atoms with Crippen LogP contribution in [-0.4, -0.2) is 54.6 Å². The molecule has 0 bridgehead atoms. The quantitative estimate of drug-likeness (QED) is 0.835. The SMILES string of the molecule is COc1cc(N2CCC3(CC2)[C@@H](O)C[C@H]3OC)nc(N)n1. The number of anilines is 2. The Balaban J connectivity index is 1.73. The van der Waals surface area contributed by atoms with Crippen LogP contribution in [0, 0.1) is 5.41 Å². The molecule has 1 aliphatic carbocycles. The minimum Gasteiger partial charge on any atom is -0.481 e. The zero-order chi connectivity index (χ0) is 15.0. The van der Waals surface area contributed by atoms with E-state index in [4.69, 9.17) is 15.2 Å². The van der Waals surface area contributed by atoms with Gasteiger partial charge >= 0.3 is 0 Å². The Morgan fingerprint density at radius 2 is 2.05 bits per heavy atom. The van der Waals surface area contributed by atoms with Crippen LogP contribution in [0.1, 0.15) is 19.3 Å². The molecule has 116 valence electrons. The largest absolute Gasteiger partial charge is 0.481 e. The van der Waals surface area contributed by atoms with Crippen LogP contribution in [0.5, 0.6) is 5.88 Å². The smallest absolute Gasteiger partial charge is 0.225 e. The fourth-order valence-corrected chi connectivity index (χ4v) is 3.56. The maximum atomic E-state index is 10.1. The lowest BCUT2D eigenvalue weighted by molar-refractivity contribution is -0.190. The van der Waals surface area contributed by atoms with E-state index in [1.807, 2.05) is 0 Å². The summed E-state index contributed by atoms with van der Waals surface area (Å²) in [4.78, 5) is 10.4. The number of aliphatic hydroxyl groups is 1. The Labute approximate surface area is 124 Å². The second kappa shape index (κ2) is 5.31. The van der Waals surface area contributed by atoms with Gasteiger partial charge in [-0.25, -0.2) is 0 Å². The first-order valence-electron chi connectivity index (χ1n) is 7.23. The maximum absolute atomic E-state index is 10.1. The average Bonchev–Trinajstić information content (AvgIpc) is 2.51. The van der Waals surface area contributed by atoms with Crippen LogP contribution in [0.25, 0.3) is 0 Å². The molecule has 1 aromatic rings. The highest BCUT2D eigenvalue weighted by Crippen LogP contribution is 2.51. The highest BCUT2D eigenvalue weighted by molar-refractivity contribution is 5.46. The number of hydrogen-bond acceptors (Lipinski definition) is 7. The van der Waals surface area contributed by atoms with Crippen molar-refractivity contribution in [3.8, 4) is 5.88 Å². The van der Waals surface area contributed by atoms with Crippen LogP contribution in [0.2, 0.25) is 0 Å². The van der Waals surface area contributed by atoms with Gasteiger partial charge in [0.25, 0.3) is 0 Å². The molecule has 0 aromatic carbocycles. The molecule has 1 aromatic heterocycles. The molecular weight excluding hydrogens is 272 g/mol. The molecule has 3 rings (SSSR count). The van der Waals surface area contributed by atoms with Gasteiger partial charge in [-0.3, -0.25) is 0 Å². The van der Waals surface area contributed by atoms with Gasteiger partial charge in [-0.05, 0) is 12.8 Å². The lowest BCUT2D eigenvalue weighted by atomic mass is 9.58. The van der Waals surface area contributed by atoms with Crippen LogP contribution in [0.15, 0.2) is 6.07 Å². The van der Waals surface area contributed by atoms with Gasteiger partial charge in [0.2, 0.25) is 11.8 Å². The Morgan fingerprint density at radius 3 is 2.62 bits per heavy atom. The van der Waals surface area contributed by atoms with Crippen molar-refractivity contribution in [1.29, 1.82) is 0 Å². The van der Waals surface area contributed by atoms with Crippen LogP contribution < -0.4 is 15.4 Å². The normalized spacial score (nSPS) is 27.5. The molecule has 0 unspecified atom stereocenters. The predicted molar refractivity (Wildman–Crippen MR) is 78.3 cm³/mol. The summed E-state index contributed by atoms with van der Waals surface area (Å²) in [6, 6.07) is 1.79. The lowest BCUT2D eigenvalue weighted by Gasteiger charge is -2.56. The first kappa shape index (κ1) is 14.3. The van der Waals surface area contributed by atoms with Crippen LogP contribution in [0.4, 0.5) is 11.8 Å². The number of aliphatic hydroxyl groups excluding tert-OH is 1. The monoisotopic (exact) mass is 294 g/mol. The third-order valence-corrected chi connectivity index (χ3v) is 4.96. The van der Waals surface area contributed by atoms with E-state index in [0.29, 0.717) is 5.88 Å². The highest BCUT2D eigenvalue weighted by Gasteiger charge is 2.55.